The fourth-order valence-corrected chi connectivity index (χ4v) is 3.30. The number of aliphatic carboxylic acids is 1. The van der Waals surface area contributed by atoms with Crippen molar-refractivity contribution < 1.29 is 19.5 Å². The molecule has 2 N–H and O–H groups in total. The van der Waals surface area contributed by atoms with E-state index in [1.165, 1.54) is 0 Å². The molecule has 0 aromatic heterocycles. The highest BCUT2D eigenvalue weighted by Gasteiger charge is 2.30. The number of allylic oxidation sites excluding steroid dienone is 2. The molecule has 1 aliphatic rings. The standard InChI is InChI=1S/C22H22N2O4/c1-14-7-6-8-15(13-14)23-21(26)18-11-4-5-12-19(18)24-20(25)16-9-2-3-10-17(16)22(27)28/h2-8,11-13,16-17H,9-10H2,1H3,(H,23,26)(H,24,25)(H,27,28)/p-1/t16-,17+/m1/s1. The maximum Gasteiger partial charge on any atom is 0.257 e. The number of carboxylic acids is 1. The number of rotatable bonds is 5. The summed E-state index contributed by atoms with van der Waals surface area (Å²) in [5.74, 6) is -3.65. The molecule has 6 heteroatoms. The van der Waals surface area contributed by atoms with Gasteiger partial charge in [-0.25, -0.2) is 0 Å². The Morgan fingerprint density at radius 3 is 2.36 bits per heavy atom. The summed E-state index contributed by atoms with van der Waals surface area (Å²) < 4.78 is 0. The Balaban J connectivity index is 1.78. The van der Waals surface area contributed by atoms with Gasteiger partial charge in [-0.05, 0) is 49.6 Å². The topological polar surface area (TPSA) is 98.3 Å². The van der Waals surface area contributed by atoms with Crippen LogP contribution in [0.5, 0.6) is 0 Å². The summed E-state index contributed by atoms with van der Waals surface area (Å²) in [4.78, 5) is 36.7. The number of anilines is 2. The molecule has 2 atom stereocenters. The highest BCUT2D eigenvalue weighted by atomic mass is 16.4. The lowest BCUT2D eigenvalue weighted by molar-refractivity contribution is -0.313. The third-order valence-corrected chi connectivity index (χ3v) is 4.78. The van der Waals surface area contributed by atoms with Crippen LogP contribution in [0, 0.1) is 18.8 Å². The number of benzene rings is 2. The van der Waals surface area contributed by atoms with E-state index < -0.39 is 23.7 Å². The van der Waals surface area contributed by atoms with Crippen LogP contribution in [0.2, 0.25) is 0 Å². The molecule has 2 amide bonds. The van der Waals surface area contributed by atoms with Crippen molar-refractivity contribution >= 4 is 29.2 Å². The van der Waals surface area contributed by atoms with Crippen molar-refractivity contribution in [3.05, 3.63) is 71.8 Å². The molecule has 0 unspecified atom stereocenters. The number of carbonyl (C=O) groups excluding carboxylic acids is 3. The van der Waals surface area contributed by atoms with Crippen LogP contribution in [0.1, 0.15) is 28.8 Å². The molecule has 3 rings (SSSR count). The first-order valence-electron chi connectivity index (χ1n) is 9.09. The number of aryl methyl sites for hydroxylation is 1. The number of para-hydroxylation sites is 1. The van der Waals surface area contributed by atoms with Crippen molar-refractivity contribution in [1.82, 2.24) is 0 Å². The molecule has 6 nitrogen and oxygen atoms in total. The van der Waals surface area contributed by atoms with Gasteiger partial charge < -0.3 is 20.5 Å². The first-order chi connectivity index (χ1) is 13.5. The molecule has 2 aromatic rings. The Morgan fingerprint density at radius 2 is 1.64 bits per heavy atom. The molecule has 0 spiro atoms. The van der Waals surface area contributed by atoms with Crippen LogP contribution < -0.4 is 15.7 Å². The van der Waals surface area contributed by atoms with Crippen molar-refractivity contribution in [2.45, 2.75) is 19.8 Å². The lowest BCUT2D eigenvalue weighted by atomic mass is 9.82. The summed E-state index contributed by atoms with van der Waals surface area (Å²) in [6.45, 7) is 1.93. The van der Waals surface area contributed by atoms with Crippen LogP contribution in [0.25, 0.3) is 0 Å². The maximum absolute atomic E-state index is 12.7. The van der Waals surface area contributed by atoms with Gasteiger partial charge >= 0.3 is 0 Å². The van der Waals surface area contributed by atoms with Gasteiger partial charge in [0, 0.05) is 17.6 Å². The number of amides is 2. The van der Waals surface area contributed by atoms with Gasteiger partial charge in [0.05, 0.1) is 17.2 Å². The maximum atomic E-state index is 12.7. The predicted molar refractivity (Wildman–Crippen MR) is 105 cm³/mol. The summed E-state index contributed by atoms with van der Waals surface area (Å²) in [6, 6.07) is 14.0. The second kappa shape index (κ2) is 8.52. The fourth-order valence-electron chi connectivity index (χ4n) is 3.30. The normalized spacial score (nSPS) is 18.3. The summed E-state index contributed by atoms with van der Waals surface area (Å²) in [6.07, 6.45) is 4.12. The Hall–Kier alpha value is -3.41. The molecule has 0 radical (unpaired) electrons. The van der Waals surface area contributed by atoms with E-state index in [9.17, 15) is 19.5 Å². The number of hydrogen-bond acceptors (Lipinski definition) is 4. The first kappa shape index (κ1) is 19.4. The first-order valence-corrected chi connectivity index (χ1v) is 9.09. The van der Waals surface area contributed by atoms with Crippen LogP contribution in [0.15, 0.2) is 60.7 Å². The largest absolute Gasteiger partial charge is 0.550 e. The Labute approximate surface area is 163 Å². The van der Waals surface area contributed by atoms with Gasteiger partial charge in [-0.2, -0.15) is 0 Å². The Bertz CT molecular complexity index is 936. The van der Waals surface area contributed by atoms with Crippen LogP contribution in [-0.4, -0.2) is 17.8 Å². The molecule has 0 aliphatic heterocycles. The number of hydrogen-bond donors (Lipinski definition) is 2. The van der Waals surface area contributed by atoms with E-state index >= 15 is 0 Å². The van der Waals surface area contributed by atoms with Gasteiger partial charge in [0.25, 0.3) is 5.91 Å². The van der Waals surface area contributed by atoms with Gasteiger partial charge in [-0.15, -0.1) is 0 Å². The highest BCUT2D eigenvalue weighted by Crippen LogP contribution is 2.27. The summed E-state index contributed by atoms with van der Waals surface area (Å²) in [7, 11) is 0. The molecule has 1 aliphatic carbocycles. The van der Waals surface area contributed by atoms with E-state index in [2.05, 4.69) is 10.6 Å². The van der Waals surface area contributed by atoms with Crippen molar-refractivity contribution in [1.29, 1.82) is 0 Å². The molecule has 0 bridgehead atoms. The molecular weight excluding hydrogens is 356 g/mol. The Morgan fingerprint density at radius 1 is 0.929 bits per heavy atom. The van der Waals surface area contributed by atoms with Crippen LogP contribution in [-0.2, 0) is 9.59 Å². The van der Waals surface area contributed by atoms with E-state index in [0.29, 0.717) is 23.4 Å². The molecule has 28 heavy (non-hydrogen) atoms. The van der Waals surface area contributed by atoms with Gasteiger partial charge in [0.2, 0.25) is 5.91 Å². The van der Waals surface area contributed by atoms with Crippen molar-refractivity contribution in [3.63, 3.8) is 0 Å². The van der Waals surface area contributed by atoms with Gasteiger partial charge in [0.15, 0.2) is 0 Å². The molecular formula is C22H21N2O4-. The van der Waals surface area contributed by atoms with Gasteiger partial charge in [-0.1, -0.05) is 36.4 Å². The number of carboxylic acid groups (broad SMARTS) is 1. The van der Waals surface area contributed by atoms with Crippen LogP contribution >= 0.6 is 0 Å². The molecule has 0 saturated heterocycles. The second-order valence-corrected chi connectivity index (χ2v) is 6.83. The number of nitrogens with one attached hydrogen (secondary N) is 2. The van der Waals surface area contributed by atoms with Gasteiger partial charge in [0.1, 0.15) is 0 Å². The van der Waals surface area contributed by atoms with E-state index in [1.807, 2.05) is 25.1 Å². The monoisotopic (exact) mass is 377 g/mol. The second-order valence-electron chi connectivity index (χ2n) is 6.83. The van der Waals surface area contributed by atoms with Crippen molar-refractivity contribution in [2.24, 2.45) is 11.8 Å². The van der Waals surface area contributed by atoms with Crippen LogP contribution in [0.4, 0.5) is 11.4 Å². The van der Waals surface area contributed by atoms with E-state index in [4.69, 9.17) is 0 Å². The molecule has 0 heterocycles. The van der Waals surface area contributed by atoms with Crippen molar-refractivity contribution in [3.8, 4) is 0 Å². The third-order valence-electron chi connectivity index (χ3n) is 4.78. The lowest BCUT2D eigenvalue weighted by Gasteiger charge is -2.28. The highest BCUT2D eigenvalue weighted by molar-refractivity contribution is 6.10. The summed E-state index contributed by atoms with van der Waals surface area (Å²) in [5.41, 5.74) is 2.30. The molecule has 2 aromatic carbocycles. The Kier molecular flexibility index (Phi) is 5.89. The molecule has 0 fully saturated rings. The van der Waals surface area contributed by atoms with E-state index in [0.717, 1.165) is 5.56 Å². The molecule has 0 saturated carbocycles. The smallest absolute Gasteiger partial charge is 0.257 e. The summed E-state index contributed by atoms with van der Waals surface area (Å²) in [5, 5.41) is 16.9. The molecule has 144 valence electrons. The van der Waals surface area contributed by atoms with Crippen molar-refractivity contribution in [2.75, 3.05) is 10.6 Å². The third kappa shape index (κ3) is 4.46. The average molecular weight is 377 g/mol. The zero-order chi connectivity index (χ0) is 20.1. The van der Waals surface area contributed by atoms with Gasteiger partial charge in [-0.3, -0.25) is 9.59 Å². The summed E-state index contributed by atoms with van der Waals surface area (Å²) >= 11 is 0. The SMILES string of the molecule is Cc1cccc(NC(=O)c2ccccc2NC(=O)[C@@H]2CC=CC[C@@H]2C(=O)[O-])c1. The van der Waals surface area contributed by atoms with Crippen LogP contribution in [0.3, 0.4) is 0 Å². The lowest BCUT2D eigenvalue weighted by Crippen LogP contribution is -2.41. The number of carbonyl (C=O) groups is 3. The fraction of sp³-hybridized carbons (Fsp3) is 0.227. The minimum absolute atomic E-state index is 0.260. The predicted octanol–water partition coefficient (Wildman–Crippen LogP) is 2.52. The minimum Gasteiger partial charge on any atom is -0.550 e. The minimum atomic E-state index is -1.24. The average Bonchev–Trinajstić information content (AvgIpc) is 2.68. The zero-order valence-electron chi connectivity index (χ0n) is 15.5. The van der Waals surface area contributed by atoms with E-state index in [-0.39, 0.29) is 12.3 Å². The van der Waals surface area contributed by atoms with E-state index in [1.54, 1.807) is 42.5 Å². The zero-order valence-corrected chi connectivity index (χ0v) is 15.5. The quantitative estimate of drug-likeness (QED) is 0.782.